The lowest BCUT2D eigenvalue weighted by molar-refractivity contribution is 0.103. The van der Waals surface area contributed by atoms with Gasteiger partial charge in [0.15, 0.2) is 0 Å². The molecular formula is C30H27F4N5O3. The molecule has 2 aromatic carbocycles. The summed E-state index contributed by atoms with van der Waals surface area (Å²) in [6.07, 6.45) is 1.60. The Hall–Kier alpha value is -4.84. The van der Waals surface area contributed by atoms with E-state index in [-0.39, 0.29) is 40.2 Å². The van der Waals surface area contributed by atoms with Gasteiger partial charge in [0, 0.05) is 48.2 Å². The van der Waals surface area contributed by atoms with Gasteiger partial charge in [-0.15, -0.1) is 0 Å². The summed E-state index contributed by atoms with van der Waals surface area (Å²) in [5.41, 5.74) is 12.5. The van der Waals surface area contributed by atoms with Gasteiger partial charge in [-0.2, -0.15) is 0 Å². The molecule has 5 rings (SSSR count). The van der Waals surface area contributed by atoms with Crippen molar-refractivity contribution in [2.24, 2.45) is 7.05 Å². The Morgan fingerprint density at radius 3 is 2.48 bits per heavy atom. The summed E-state index contributed by atoms with van der Waals surface area (Å²) in [6.45, 7) is 2.28. The van der Waals surface area contributed by atoms with Crippen LogP contribution in [0.25, 0.3) is 33.8 Å². The molecule has 0 spiro atoms. The van der Waals surface area contributed by atoms with Crippen molar-refractivity contribution in [1.82, 2.24) is 14.0 Å². The summed E-state index contributed by atoms with van der Waals surface area (Å²) in [6, 6.07) is 7.68. The van der Waals surface area contributed by atoms with Crippen LogP contribution in [0.5, 0.6) is 0 Å². The van der Waals surface area contributed by atoms with Crippen molar-refractivity contribution < 1.29 is 31.8 Å². The molecule has 0 saturated heterocycles. The number of hydrogen-bond donors (Lipinski definition) is 2. The first-order valence-electron chi connectivity index (χ1n) is 12.9. The number of ether oxygens (including phenoxy) is 2. The standard InChI is InChI=1S/C30H27F4N5O3/c1-4-42-9-7-15-12-22(29(40)16-10-19(31)25(35)20(32)11-16)39-8-5-6-17(28(15)39)24-18(30(33)34)13-21-27(26(24)36)37-23(14-41-3)38(21)2/h5-13,30H,4,14,35-36H2,1-3H3. The minimum Gasteiger partial charge on any atom is -0.501 e. The molecule has 0 unspecified atom stereocenters. The van der Waals surface area contributed by atoms with Crippen molar-refractivity contribution in [2.75, 3.05) is 25.2 Å². The molecule has 8 nitrogen and oxygen atoms in total. The summed E-state index contributed by atoms with van der Waals surface area (Å²) < 4.78 is 71.4. The predicted octanol–water partition coefficient (Wildman–Crippen LogP) is 6.26. The highest BCUT2D eigenvalue weighted by atomic mass is 19.3. The summed E-state index contributed by atoms with van der Waals surface area (Å²) in [5.74, 6) is -2.39. The van der Waals surface area contributed by atoms with Crippen LogP contribution in [-0.2, 0) is 23.1 Å². The predicted molar refractivity (Wildman–Crippen MR) is 152 cm³/mol. The SMILES string of the molecule is CCOC=Cc1cc(C(=O)c2cc(F)c(N)c(F)c2)n2cccc(-c3c(C(F)F)cc4c(nc(COC)n4C)c3N)c12. The molecule has 42 heavy (non-hydrogen) atoms. The largest absolute Gasteiger partial charge is 0.501 e. The van der Waals surface area contributed by atoms with E-state index in [9.17, 15) is 22.4 Å². The molecule has 3 aromatic heterocycles. The van der Waals surface area contributed by atoms with Crippen LogP contribution in [0.4, 0.5) is 28.9 Å². The Balaban J connectivity index is 1.82. The Morgan fingerprint density at radius 1 is 1.12 bits per heavy atom. The van der Waals surface area contributed by atoms with Crippen LogP contribution in [-0.4, -0.2) is 33.5 Å². The second-order valence-electron chi connectivity index (χ2n) is 9.51. The number of fused-ring (bicyclic) bond motifs is 2. The Kier molecular flexibility index (Phi) is 7.65. The zero-order valence-corrected chi connectivity index (χ0v) is 22.9. The summed E-state index contributed by atoms with van der Waals surface area (Å²) >= 11 is 0. The average molecular weight is 582 g/mol. The molecule has 0 aliphatic rings. The van der Waals surface area contributed by atoms with Gasteiger partial charge in [0.25, 0.3) is 6.43 Å². The zero-order chi connectivity index (χ0) is 30.3. The number of benzene rings is 2. The van der Waals surface area contributed by atoms with Gasteiger partial charge in [0.2, 0.25) is 5.78 Å². The second kappa shape index (κ2) is 11.2. The van der Waals surface area contributed by atoms with Gasteiger partial charge in [-0.1, -0.05) is 6.07 Å². The molecule has 0 bridgehead atoms. The van der Waals surface area contributed by atoms with Crippen LogP contribution in [0.3, 0.4) is 0 Å². The number of rotatable bonds is 9. The molecule has 3 heterocycles. The van der Waals surface area contributed by atoms with Crippen LogP contribution in [0, 0.1) is 11.6 Å². The Morgan fingerprint density at radius 2 is 1.83 bits per heavy atom. The maximum atomic E-state index is 14.6. The molecule has 0 amide bonds. The van der Waals surface area contributed by atoms with E-state index in [1.165, 1.54) is 29.9 Å². The minimum atomic E-state index is -2.91. The number of carbonyl (C=O) groups excluding carboxylic acids is 1. The Labute approximate surface area is 237 Å². The van der Waals surface area contributed by atoms with E-state index in [4.69, 9.17) is 20.9 Å². The van der Waals surface area contributed by atoms with Gasteiger partial charge in [-0.3, -0.25) is 4.79 Å². The van der Waals surface area contributed by atoms with Gasteiger partial charge < -0.3 is 29.9 Å². The average Bonchev–Trinajstić information content (AvgIpc) is 3.49. The number of pyridine rings is 1. The quantitative estimate of drug-likeness (QED) is 0.0921. The third kappa shape index (κ3) is 4.73. The van der Waals surface area contributed by atoms with Gasteiger partial charge in [-0.05, 0) is 43.3 Å². The number of ketones is 1. The van der Waals surface area contributed by atoms with Crippen LogP contribution in [0.1, 0.15) is 46.4 Å². The third-order valence-electron chi connectivity index (χ3n) is 7.02. The number of halogens is 4. The number of hydrogen-bond acceptors (Lipinski definition) is 6. The molecule has 0 aliphatic heterocycles. The van der Waals surface area contributed by atoms with Crippen molar-refractivity contribution in [3.8, 4) is 11.1 Å². The molecule has 0 aliphatic carbocycles. The first-order chi connectivity index (χ1) is 20.1. The molecule has 12 heteroatoms. The first kappa shape index (κ1) is 28.7. The number of carbonyl (C=O) groups is 1. The summed E-state index contributed by atoms with van der Waals surface area (Å²) in [7, 11) is 3.18. The fraction of sp³-hybridized carbons (Fsp3) is 0.200. The van der Waals surface area contributed by atoms with Gasteiger partial charge in [0.1, 0.15) is 35.3 Å². The number of nitrogens with two attached hydrogens (primary N) is 2. The lowest BCUT2D eigenvalue weighted by Gasteiger charge is -2.16. The van der Waals surface area contributed by atoms with E-state index in [0.717, 1.165) is 12.1 Å². The van der Waals surface area contributed by atoms with Gasteiger partial charge in [-0.25, -0.2) is 22.5 Å². The summed E-state index contributed by atoms with van der Waals surface area (Å²) in [4.78, 5) is 18.1. The number of nitrogens with zero attached hydrogens (tertiary/aromatic N) is 3. The number of alkyl halides is 2. The molecule has 0 saturated carbocycles. The van der Waals surface area contributed by atoms with Crippen LogP contribution < -0.4 is 11.5 Å². The number of anilines is 2. The number of aryl methyl sites for hydroxylation is 1. The second-order valence-corrected chi connectivity index (χ2v) is 9.51. The van der Waals surface area contributed by atoms with Crippen molar-refractivity contribution in [1.29, 1.82) is 0 Å². The molecule has 0 fully saturated rings. The molecule has 218 valence electrons. The summed E-state index contributed by atoms with van der Waals surface area (Å²) in [5, 5.41) is 0. The normalized spacial score (nSPS) is 11.9. The van der Waals surface area contributed by atoms with Crippen molar-refractivity contribution >= 4 is 39.8 Å². The molecule has 0 radical (unpaired) electrons. The highest BCUT2D eigenvalue weighted by molar-refractivity contribution is 6.11. The Bertz CT molecular complexity index is 1850. The van der Waals surface area contributed by atoms with E-state index in [1.807, 2.05) is 0 Å². The van der Waals surface area contributed by atoms with Crippen molar-refractivity contribution in [3.63, 3.8) is 0 Å². The zero-order valence-electron chi connectivity index (χ0n) is 22.9. The topological polar surface area (TPSA) is 110 Å². The molecule has 4 N–H and O–H groups in total. The first-order valence-corrected chi connectivity index (χ1v) is 12.9. The minimum absolute atomic E-state index is 0.0185. The maximum absolute atomic E-state index is 14.6. The molecule has 5 aromatic rings. The number of methoxy groups -OCH3 is 1. The number of aromatic nitrogens is 3. The van der Waals surface area contributed by atoms with Crippen LogP contribution in [0.2, 0.25) is 0 Å². The number of imidazole rings is 1. The van der Waals surface area contributed by atoms with E-state index in [0.29, 0.717) is 34.5 Å². The van der Waals surface area contributed by atoms with Crippen LogP contribution >= 0.6 is 0 Å². The lowest BCUT2D eigenvalue weighted by atomic mass is 9.95. The van der Waals surface area contributed by atoms with E-state index in [1.54, 1.807) is 42.9 Å². The highest BCUT2D eigenvalue weighted by Crippen LogP contribution is 2.43. The number of nitrogen functional groups attached to an aromatic ring is 2. The fourth-order valence-electron chi connectivity index (χ4n) is 5.02. The monoisotopic (exact) mass is 581 g/mol. The third-order valence-corrected chi connectivity index (χ3v) is 7.02. The van der Waals surface area contributed by atoms with Crippen molar-refractivity contribution in [2.45, 2.75) is 20.0 Å². The van der Waals surface area contributed by atoms with Gasteiger partial charge >= 0.3 is 0 Å². The van der Waals surface area contributed by atoms with Crippen LogP contribution in [0.15, 0.2) is 48.9 Å². The maximum Gasteiger partial charge on any atom is 0.264 e. The highest BCUT2D eigenvalue weighted by Gasteiger charge is 2.27. The van der Waals surface area contributed by atoms with E-state index >= 15 is 0 Å². The van der Waals surface area contributed by atoms with E-state index < -0.39 is 29.5 Å². The smallest absolute Gasteiger partial charge is 0.264 e. The van der Waals surface area contributed by atoms with Gasteiger partial charge in [0.05, 0.1) is 35.3 Å². The molecule has 0 atom stereocenters. The lowest BCUT2D eigenvalue weighted by Crippen LogP contribution is -2.08. The molecular weight excluding hydrogens is 554 g/mol. The van der Waals surface area contributed by atoms with E-state index in [2.05, 4.69) is 4.98 Å². The van der Waals surface area contributed by atoms with Crippen molar-refractivity contribution in [3.05, 3.63) is 88.7 Å². The fourth-order valence-corrected chi connectivity index (χ4v) is 5.02.